The van der Waals surface area contributed by atoms with Crippen LogP contribution in [0.2, 0.25) is 0 Å². The van der Waals surface area contributed by atoms with Crippen LogP contribution in [0, 0.1) is 17.8 Å². The van der Waals surface area contributed by atoms with Crippen LogP contribution < -0.4 is 0 Å². The lowest BCUT2D eigenvalue weighted by atomic mass is 9.82. The van der Waals surface area contributed by atoms with Gasteiger partial charge in [0.25, 0.3) is 0 Å². The lowest BCUT2D eigenvalue weighted by Gasteiger charge is -2.30. The second-order valence-electron chi connectivity index (χ2n) is 8.14. The van der Waals surface area contributed by atoms with Gasteiger partial charge in [0.05, 0.1) is 12.0 Å². The Morgan fingerprint density at radius 2 is 1.67 bits per heavy atom. The first-order valence-electron chi connectivity index (χ1n) is 8.50. The van der Waals surface area contributed by atoms with E-state index in [1.165, 1.54) is 25.7 Å². The highest BCUT2D eigenvalue weighted by molar-refractivity contribution is 5.71. The van der Waals surface area contributed by atoms with Crippen molar-refractivity contribution in [1.82, 2.24) is 0 Å². The third-order valence-electron chi connectivity index (χ3n) is 4.69. The van der Waals surface area contributed by atoms with Crippen LogP contribution in [0.3, 0.4) is 0 Å². The highest BCUT2D eigenvalue weighted by Crippen LogP contribution is 2.44. The molecule has 1 aliphatic carbocycles. The smallest absolute Gasteiger partial charge is 0.309 e. The standard InChI is InChI=1S/C18H34O3/c1-7-13-9-14(8-2)15(10-13)11-18(6,20)12-16(19)21-17(3,4)5/h13-15,20H,7-12H2,1-6H3. The first-order chi connectivity index (χ1) is 9.56. The van der Waals surface area contributed by atoms with E-state index in [-0.39, 0.29) is 12.4 Å². The van der Waals surface area contributed by atoms with Crippen molar-refractivity contribution in [2.45, 2.75) is 91.3 Å². The van der Waals surface area contributed by atoms with Gasteiger partial charge in [0.1, 0.15) is 5.60 Å². The summed E-state index contributed by atoms with van der Waals surface area (Å²) in [5.74, 6) is 1.72. The normalized spacial score (nSPS) is 29.2. The molecule has 1 rings (SSSR count). The van der Waals surface area contributed by atoms with E-state index in [2.05, 4.69) is 13.8 Å². The molecule has 124 valence electrons. The minimum Gasteiger partial charge on any atom is -0.460 e. The van der Waals surface area contributed by atoms with Crippen LogP contribution in [-0.2, 0) is 9.53 Å². The maximum absolute atomic E-state index is 11.9. The predicted molar refractivity (Wildman–Crippen MR) is 86.0 cm³/mol. The van der Waals surface area contributed by atoms with Gasteiger partial charge in [0.2, 0.25) is 0 Å². The van der Waals surface area contributed by atoms with Crippen molar-refractivity contribution >= 4 is 5.97 Å². The Hall–Kier alpha value is -0.570. The van der Waals surface area contributed by atoms with Crippen molar-refractivity contribution < 1.29 is 14.6 Å². The molecule has 0 aromatic carbocycles. The molecule has 1 N–H and O–H groups in total. The van der Waals surface area contributed by atoms with Crippen LogP contribution in [-0.4, -0.2) is 22.3 Å². The minimum atomic E-state index is -0.955. The van der Waals surface area contributed by atoms with E-state index >= 15 is 0 Å². The summed E-state index contributed by atoms with van der Waals surface area (Å²) in [5, 5.41) is 10.6. The predicted octanol–water partition coefficient (Wildman–Crippen LogP) is 4.32. The first-order valence-corrected chi connectivity index (χ1v) is 8.50. The van der Waals surface area contributed by atoms with Crippen molar-refractivity contribution in [1.29, 1.82) is 0 Å². The van der Waals surface area contributed by atoms with Crippen LogP contribution in [0.15, 0.2) is 0 Å². The molecule has 4 unspecified atom stereocenters. The van der Waals surface area contributed by atoms with Crippen LogP contribution >= 0.6 is 0 Å². The zero-order valence-electron chi connectivity index (χ0n) is 14.7. The SMILES string of the molecule is CCC1CC(CC)C(CC(C)(O)CC(=O)OC(C)(C)C)C1. The van der Waals surface area contributed by atoms with Gasteiger partial charge in [0.15, 0.2) is 0 Å². The van der Waals surface area contributed by atoms with Gasteiger partial charge < -0.3 is 9.84 Å². The molecule has 4 atom stereocenters. The Bertz CT molecular complexity index is 341. The van der Waals surface area contributed by atoms with E-state index in [0.29, 0.717) is 18.3 Å². The molecule has 1 saturated carbocycles. The molecule has 0 amide bonds. The Kier molecular flexibility index (Phi) is 6.27. The molecule has 0 heterocycles. The molecule has 0 saturated heterocycles. The maximum Gasteiger partial charge on any atom is 0.309 e. The third-order valence-corrected chi connectivity index (χ3v) is 4.69. The Morgan fingerprint density at radius 1 is 1.10 bits per heavy atom. The van der Waals surface area contributed by atoms with Crippen LogP contribution in [0.4, 0.5) is 0 Å². The summed E-state index contributed by atoms with van der Waals surface area (Å²) in [7, 11) is 0. The fourth-order valence-corrected chi connectivity index (χ4v) is 3.75. The van der Waals surface area contributed by atoms with Crippen LogP contribution in [0.1, 0.15) is 80.1 Å². The summed E-state index contributed by atoms with van der Waals surface area (Å²) in [5.41, 5.74) is -1.44. The summed E-state index contributed by atoms with van der Waals surface area (Å²) >= 11 is 0. The van der Waals surface area contributed by atoms with Gasteiger partial charge in [-0.2, -0.15) is 0 Å². The molecule has 0 aromatic rings. The summed E-state index contributed by atoms with van der Waals surface area (Å²) in [6, 6.07) is 0. The lowest BCUT2D eigenvalue weighted by Crippen LogP contribution is -2.35. The van der Waals surface area contributed by atoms with Gasteiger partial charge in [-0.3, -0.25) is 4.79 Å². The number of hydrogen-bond acceptors (Lipinski definition) is 3. The van der Waals surface area contributed by atoms with Gasteiger partial charge in [-0.25, -0.2) is 0 Å². The molecular formula is C18H34O3. The van der Waals surface area contributed by atoms with Crippen LogP contribution in [0.5, 0.6) is 0 Å². The van der Waals surface area contributed by atoms with E-state index in [4.69, 9.17) is 4.74 Å². The zero-order valence-corrected chi connectivity index (χ0v) is 14.7. The quantitative estimate of drug-likeness (QED) is 0.743. The molecule has 0 spiro atoms. The number of carbonyl (C=O) groups excluding carboxylic acids is 1. The van der Waals surface area contributed by atoms with Gasteiger partial charge in [-0.05, 0) is 64.7 Å². The van der Waals surface area contributed by atoms with Crippen molar-refractivity contribution in [2.75, 3.05) is 0 Å². The number of aliphatic hydroxyl groups is 1. The number of esters is 1. The summed E-state index contributed by atoms with van der Waals surface area (Å²) < 4.78 is 5.33. The first kappa shape index (κ1) is 18.5. The van der Waals surface area contributed by atoms with Gasteiger partial charge >= 0.3 is 5.97 Å². The van der Waals surface area contributed by atoms with Crippen molar-refractivity contribution in [3.05, 3.63) is 0 Å². The Morgan fingerprint density at radius 3 is 2.14 bits per heavy atom. The number of carbonyl (C=O) groups is 1. The average Bonchev–Trinajstić information content (AvgIpc) is 2.66. The zero-order chi connectivity index (χ0) is 16.3. The maximum atomic E-state index is 11.9. The second-order valence-corrected chi connectivity index (χ2v) is 8.14. The monoisotopic (exact) mass is 298 g/mol. The molecule has 1 aliphatic rings. The highest BCUT2D eigenvalue weighted by atomic mass is 16.6. The molecule has 1 fully saturated rings. The lowest BCUT2D eigenvalue weighted by molar-refractivity contribution is -0.160. The van der Waals surface area contributed by atoms with Crippen molar-refractivity contribution in [3.8, 4) is 0 Å². The fourth-order valence-electron chi connectivity index (χ4n) is 3.75. The van der Waals surface area contributed by atoms with Crippen molar-refractivity contribution in [2.24, 2.45) is 17.8 Å². The highest BCUT2D eigenvalue weighted by Gasteiger charge is 2.38. The molecule has 0 aliphatic heterocycles. The number of ether oxygens (including phenoxy) is 1. The van der Waals surface area contributed by atoms with Gasteiger partial charge in [0, 0.05) is 0 Å². The topological polar surface area (TPSA) is 46.5 Å². The van der Waals surface area contributed by atoms with Crippen molar-refractivity contribution in [3.63, 3.8) is 0 Å². The molecule has 21 heavy (non-hydrogen) atoms. The molecular weight excluding hydrogens is 264 g/mol. The Balaban J connectivity index is 2.57. The second kappa shape index (κ2) is 7.13. The van der Waals surface area contributed by atoms with E-state index in [9.17, 15) is 9.90 Å². The summed E-state index contributed by atoms with van der Waals surface area (Å²) in [4.78, 5) is 11.9. The third kappa shape index (κ3) is 6.37. The van der Waals surface area contributed by atoms with E-state index < -0.39 is 11.2 Å². The van der Waals surface area contributed by atoms with Crippen LogP contribution in [0.25, 0.3) is 0 Å². The Labute approximate surface area is 130 Å². The summed E-state index contributed by atoms with van der Waals surface area (Å²) in [6.45, 7) is 11.8. The molecule has 0 aromatic heterocycles. The minimum absolute atomic E-state index is 0.0913. The molecule has 3 nitrogen and oxygen atoms in total. The molecule has 0 radical (unpaired) electrons. The number of rotatable bonds is 6. The van der Waals surface area contributed by atoms with Gasteiger partial charge in [-0.1, -0.05) is 26.7 Å². The fraction of sp³-hybridized carbons (Fsp3) is 0.944. The largest absolute Gasteiger partial charge is 0.460 e. The van der Waals surface area contributed by atoms with E-state index in [1.807, 2.05) is 20.8 Å². The van der Waals surface area contributed by atoms with E-state index in [1.54, 1.807) is 6.92 Å². The van der Waals surface area contributed by atoms with Gasteiger partial charge in [-0.15, -0.1) is 0 Å². The summed E-state index contributed by atoms with van der Waals surface area (Å²) in [6.07, 6.45) is 5.67. The number of hydrogen-bond donors (Lipinski definition) is 1. The van der Waals surface area contributed by atoms with E-state index in [0.717, 1.165) is 5.92 Å². The molecule has 3 heteroatoms. The average molecular weight is 298 g/mol. The molecule has 0 bridgehead atoms.